The van der Waals surface area contributed by atoms with Crippen molar-refractivity contribution in [2.45, 2.75) is 63.2 Å². The highest BCUT2D eigenvalue weighted by molar-refractivity contribution is 5.82. The quantitative estimate of drug-likeness (QED) is 0.782. The molecule has 1 atom stereocenters. The summed E-state index contributed by atoms with van der Waals surface area (Å²) in [6.07, 6.45) is 4.01. The lowest BCUT2D eigenvalue weighted by molar-refractivity contribution is -0.137. The summed E-state index contributed by atoms with van der Waals surface area (Å²) >= 11 is 0. The fourth-order valence-electron chi connectivity index (χ4n) is 6.87. The molecule has 1 amide bonds. The molecule has 4 aliphatic carbocycles. The van der Waals surface area contributed by atoms with E-state index in [4.69, 9.17) is 0 Å². The molecule has 170 valence electrons. The minimum Gasteiger partial charge on any atom is -0.354 e. The van der Waals surface area contributed by atoms with Crippen LogP contribution in [0.15, 0.2) is 18.3 Å². The van der Waals surface area contributed by atoms with Gasteiger partial charge in [-0.3, -0.25) is 9.69 Å². The van der Waals surface area contributed by atoms with E-state index in [2.05, 4.69) is 15.2 Å². The lowest BCUT2D eigenvalue weighted by Gasteiger charge is -2.57. The SMILES string of the molecule is CC(C(=O)NC12CC3CC(CC(C3)C1)C2)N1CCN(c2ccc(C(F)(F)F)cn2)CC1. The Hall–Kier alpha value is -1.83. The molecule has 1 N–H and O–H groups in total. The van der Waals surface area contributed by atoms with E-state index in [0.29, 0.717) is 32.0 Å². The normalized spacial score (nSPS) is 34.1. The first-order valence-corrected chi connectivity index (χ1v) is 11.5. The van der Waals surface area contributed by atoms with Gasteiger partial charge in [-0.15, -0.1) is 0 Å². The van der Waals surface area contributed by atoms with E-state index in [1.807, 2.05) is 11.8 Å². The molecule has 1 aromatic heterocycles. The number of amides is 1. The van der Waals surface area contributed by atoms with Crippen LogP contribution in [0.25, 0.3) is 0 Å². The van der Waals surface area contributed by atoms with Crippen molar-refractivity contribution in [2.24, 2.45) is 17.8 Å². The molecule has 6 rings (SSSR count). The topological polar surface area (TPSA) is 48.5 Å². The molecular formula is C23H31F3N4O. The van der Waals surface area contributed by atoms with Gasteiger partial charge in [-0.1, -0.05) is 0 Å². The third kappa shape index (κ3) is 4.15. The molecule has 1 aliphatic heterocycles. The third-order valence-corrected chi connectivity index (χ3v) is 8.07. The van der Waals surface area contributed by atoms with E-state index < -0.39 is 11.7 Å². The Balaban J connectivity index is 1.16. The highest BCUT2D eigenvalue weighted by atomic mass is 19.4. The Morgan fingerprint density at radius 3 is 2.13 bits per heavy atom. The van der Waals surface area contributed by atoms with Crippen molar-refractivity contribution in [1.82, 2.24) is 15.2 Å². The third-order valence-electron chi connectivity index (χ3n) is 8.07. The number of nitrogens with zero attached hydrogens (tertiary/aromatic N) is 3. The summed E-state index contributed by atoms with van der Waals surface area (Å²) in [6.45, 7) is 4.65. The number of nitrogens with one attached hydrogen (secondary N) is 1. The van der Waals surface area contributed by atoms with Crippen LogP contribution in [-0.2, 0) is 11.0 Å². The van der Waals surface area contributed by atoms with Crippen LogP contribution in [0.2, 0.25) is 0 Å². The Labute approximate surface area is 181 Å². The van der Waals surface area contributed by atoms with Gasteiger partial charge < -0.3 is 10.2 Å². The van der Waals surface area contributed by atoms with Crippen LogP contribution >= 0.6 is 0 Å². The number of piperazine rings is 1. The van der Waals surface area contributed by atoms with Gasteiger partial charge in [0.05, 0.1) is 11.6 Å². The van der Waals surface area contributed by atoms with Gasteiger partial charge in [0.15, 0.2) is 0 Å². The van der Waals surface area contributed by atoms with E-state index in [9.17, 15) is 18.0 Å². The first kappa shape index (κ1) is 21.0. The predicted molar refractivity (Wildman–Crippen MR) is 112 cm³/mol. The maximum Gasteiger partial charge on any atom is 0.417 e. The highest BCUT2D eigenvalue weighted by Gasteiger charge is 2.51. The summed E-state index contributed by atoms with van der Waals surface area (Å²) in [7, 11) is 0. The van der Waals surface area contributed by atoms with Crippen LogP contribution in [0.5, 0.6) is 0 Å². The summed E-state index contributed by atoms with van der Waals surface area (Å²) in [5, 5.41) is 3.47. The van der Waals surface area contributed by atoms with E-state index >= 15 is 0 Å². The van der Waals surface area contributed by atoms with Crippen molar-refractivity contribution in [1.29, 1.82) is 0 Å². The van der Waals surface area contributed by atoms with Crippen LogP contribution in [0.4, 0.5) is 19.0 Å². The monoisotopic (exact) mass is 436 g/mol. The number of hydrogen-bond donors (Lipinski definition) is 1. The van der Waals surface area contributed by atoms with Crippen LogP contribution in [0.1, 0.15) is 51.0 Å². The van der Waals surface area contributed by atoms with Gasteiger partial charge in [0.1, 0.15) is 5.82 Å². The Kier molecular flexibility index (Phi) is 5.19. The summed E-state index contributed by atoms with van der Waals surface area (Å²) in [5.41, 5.74) is -0.712. The van der Waals surface area contributed by atoms with Crippen molar-refractivity contribution in [3.63, 3.8) is 0 Å². The molecule has 4 bridgehead atoms. The van der Waals surface area contributed by atoms with Gasteiger partial charge in [-0.05, 0) is 75.3 Å². The molecule has 5 nitrogen and oxygen atoms in total. The summed E-state index contributed by atoms with van der Waals surface area (Å²) in [6, 6.07) is 2.31. The van der Waals surface area contributed by atoms with E-state index in [1.54, 1.807) is 0 Å². The number of alkyl halides is 3. The molecule has 1 unspecified atom stereocenters. The molecule has 1 aromatic rings. The van der Waals surface area contributed by atoms with Crippen LogP contribution in [0, 0.1) is 17.8 Å². The van der Waals surface area contributed by atoms with Gasteiger partial charge >= 0.3 is 6.18 Å². The van der Waals surface area contributed by atoms with Crippen molar-refractivity contribution < 1.29 is 18.0 Å². The number of carbonyl (C=O) groups is 1. The van der Waals surface area contributed by atoms with E-state index in [-0.39, 0.29) is 17.5 Å². The van der Waals surface area contributed by atoms with Gasteiger partial charge in [-0.2, -0.15) is 13.2 Å². The molecule has 0 aromatic carbocycles. The van der Waals surface area contributed by atoms with Gasteiger partial charge in [0.2, 0.25) is 5.91 Å². The standard InChI is InChI=1S/C23H31F3N4O/c1-15(21(31)28-22-11-16-8-17(12-22)10-18(9-16)13-22)29-4-6-30(7-5-29)20-3-2-19(14-27-20)23(24,25)26/h2-3,14-18H,4-13H2,1H3,(H,28,31). The molecule has 31 heavy (non-hydrogen) atoms. The number of aromatic nitrogens is 1. The number of rotatable bonds is 4. The highest BCUT2D eigenvalue weighted by Crippen LogP contribution is 2.55. The van der Waals surface area contributed by atoms with Crippen LogP contribution in [0.3, 0.4) is 0 Å². The largest absolute Gasteiger partial charge is 0.417 e. The second-order valence-electron chi connectivity index (χ2n) is 10.3. The van der Waals surface area contributed by atoms with E-state index in [0.717, 1.165) is 49.3 Å². The molecule has 4 saturated carbocycles. The maximum absolute atomic E-state index is 13.1. The fourth-order valence-corrected chi connectivity index (χ4v) is 6.87. The second-order valence-corrected chi connectivity index (χ2v) is 10.3. The van der Waals surface area contributed by atoms with Crippen LogP contribution in [-0.4, -0.2) is 53.6 Å². The Morgan fingerprint density at radius 2 is 1.65 bits per heavy atom. The first-order valence-electron chi connectivity index (χ1n) is 11.5. The maximum atomic E-state index is 13.1. The molecule has 5 aliphatic rings. The molecule has 0 radical (unpaired) electrons. The molecule has 0 spiro atoms. The zero-order valence-electron chi connectivity index (χ0n) is 18.0. The number of carbonyl (C=O) groups excluding carboxylic acids is 1. The van der Waals surface area contributed by atoms with Crippen LogP contribution < -0.4 is 10.2 Å². The van der Waals surface area contributed by atoms with E-state index in [1.165, 1.54) is 25.3 Å². The Morgan fingerprint density at radius 1 is 1.06 bits per heavy atom. The smallest absolute Gasteiger partial charge is 0.354 e. The fraction of sp³-hybridized carbons (Fsp3) is 0.739. The minimum atomic E-state index is -4.37. The van der Waals surface area contributed by atoms with Crippen molar-refractivity contribution in [2.75, 3.05) is 31.1 Å². The average molecular weight is 437 g/mol. The number of pyridine rings is 1. The molecular weight excluding hydrogens is 405 g/mol. The average Bonchev–Trinajstić information content (AvgIpc) is 2.71. The summed E-state index contributed by atoms with van der Waals surface area (Å²) < 4.78 is 38.2. The van der Waals surface area contributed by atoms with Gasteiger partial charge in [0, 0.05) is 37.9 Å². The zero-order valence-corrected chi connectivity index (χ0v) is 18.0. The Bertz CT molecular complexity index is 782. The van der Waals surface area contributed by atoms with Crippen molar-refractivity contribution in [3.8, 4) is 0 Å². The molecule has 5 fully saturated rings. The minimum absolute atomic E-state index is 0.0199. The first-order chi connectivity index (χ1) is 14.7. The molecule has 1 saturated heterocycles. The second kappa shape index (κ2) is 7.64. The van der Waals surface area contributed by atoms with Gasteiger partial charge in [-0.25, -0.2) is 4.98 Å². The molecule has 8 heteroatoms. The molecule has 2 heterocycles. The predicted octanol–water partition coefficient (Wildman–Crippen LogP) is 3.70. The lowest BCUT2D eigenvalue weighted by Crippen LogP contribution is -2.63. The van der Waals surface area contributed by atoms with Gasteiger partial charge in [0.25, 0.3) is 0 Å². The number of anilines is 1. The van der Waals surface area contributed by atoms with Crippen molar-refractivity contribution in [3.05, 3.63) is 23.9 Å². The summed E-state index contributed by atoms with van der Waals surface area (Å²) in [4.78, 5) is 21.3. The number of halogens is 3. The zero-order chi connectivity index (χ0) is 21.8. The lowest BCUT2D eigenvalue weighted by atomic mass is 9.53. The summed E-state index contributed by atoms with van der Waals surface area (Å²) in [5.74, 6) is 3.06. The number of hydrogen-bond acceptors (Lipinski definition) is 4. The van der Waals surface area contributed by atoms with Crippen molar-refractivity contribution >= 4 is 11.7 Å².